The zero-order chi connectivity index (χ0) is 11.1. The molecule has 4 nitrogen and oxygen atoms in total. The molecule has 0 aliphatic carbocycles. The molecule has 2 aliphatic heterocycles. The predicted molar refractivity (Wildman–Crippen MR) is 63.5 cm³/mol. The Morgan fingerprint density at radius 2 is 2.06 bits per heavy atom. The van der Waals surface area contributed by atoms with Crippen molar-refractivity contribution in [2.24, 2.45) is 0 Å². The third-order valence-corrected chi connectivity index (χ3v) is 3.37. The van der Waals surface area contributed by atoms with Crippen LogP contribution in [0.25, 0.3) is 0 Å². The maximum absolute atomic E-state index is 6.02. The van der Waals surface area contributed by atoms with E-state index in [9.17, 15) is 0 Å². The Morgan fingerprint density at radius 1 is 1.38 bits per heavy atom. The number of hydrogen-bond acceptors (Lipinski definition) is 4. The number of pyridine rings is 1. The van der Waals surface area contributed by atoms with Crippen LogP contribution in [0.1, 0.15) is 18.4 Å². The van der Waals surface area contributed by atoms with Crippen LogP contribution in [0.3, 0.4) is 0 Å². The van der Waals surface area contributed by atoms with Gasteiger partial charge in [-0.15, -0.1) is 0 Å². The minimum Gasteiger partial charge on any atom is -0.396 e. The number of morpholine rings is 1. The van der Waals surface area contributed by atoms with Crippen molar-refractivity contribution in [2.45, 2.75) is 32.0 Å². The number of hydrogen-bond donors (Lipinski definition) is 1. The lowest BCUT2D eigenvalue weighted by atomic mass is 10.2. The van der Waals surface area contributed by atoms with Gasteiger partial charge in [-0.25, -0.2) is 4.98 Å². The van der Waals surface area contributed by atoms with E-state index in [0.29, 0.717) is 12.2 Å². The SMILES string of the molecule is Cc1cnc(N2CC3CCC(C2)O3)c(N)c1. The van der Waals surface area contributed by atoms with E-state index in [2.05, 4.69) is 9.88 Å². The van der Waals surface area contributed by atoms with Crippen LogP contribution in [0, 0.1) is 6.92 Å². The van der Waals surface area contributed by atoms with Gasteiger partial charge in [0.2, 0.25) is 0 Å². The van der Waals surface area contributed by atoms with E-state index in [4.69, 9.17) is 10.5 Å². The van der Waals surface area contributed by atoms with Gasteiger partial charge in [0.25, 0.3) is 0 Å². The molecule has 4 heteroatoms. The van der Waals surface area contributed by atoms with Gasteiger partial charge in [0.05, 0.1) is 17.9 Å². The number of aromatic nitrogens is 1. The Kier molecular flexibility index (Phi) is 2.24. The van der Waals surface area contributed by atoms with Crippen LogP contribution in [0.15, 0.2) is 12.3 Å². The van der Waals surface area contributed by atoms with E-state index in [-0.39, 0.29) is 0 Å². The molecule has 2 aliphatic rings. The van der Waals surface area contributed by atoms with Gasteiger partial charge >= 0.3 is 0 Å². The lowest BCUT2D eigenvalue weighted by Crippen LogP contribution is -2.43. The molecule has 0 amide bonds. The number of fused-ring (bicyclic) bond motifs is 2. The van der Waals surface area contributed by atoms with Crippen LogP contribution in [0.4, 0.5) is 11.5 Å². The Hall–Kier alpha value is -1.29. The fourth-order valence-corrected chi connectivity index (χ4v) is 2.64. The Bertz CT molecular complexity index is 395. The summed E-state index contributed by atoms with van der Waals surface area (Å²) in [5.41, 5.74) is 7.91. The number of ether oxygens (including phenoxy) is 1. The van der Waals surface area contributed by atoms with Crippen LogP contribution in [0.2, 0.25) is 0 Å². The van der Waals surface area contributed by atoms with Gasteiger partial charge in [0.15, 0.2) is 5.82 Å². The molecule has 2 atom stereocenters. The second-order valence-electron chi connectivity index (χ2n) is 4.79. The lowest BCUT2D eigenvalue weighted by Gasteiger charge is -2.33. The second-order valence-corrected chi connectivity index (χ2v) is 4.79. The van der Waals surface area contributed by atoms with Gasteiger partial charge in [-0.05, 0) is 31.4 Å². The zero-order valence-corrected chi connectivity index (χ0v) is 9.52. The number of nitrogens with zero attached hydrogens (tertiary/aromatic N) is 2. The fraction of sp³-hybridized carbons (Fsp3) is 0.583. The largest absolute Gasteiger partial charge is 0.396 e. The average molecular weight is 219 g/mol. The first-order valence-electron chi connectivity index (χ1n) is 5.85. The first-order chi connectivity index (χ1) is 7.72. The Morgan fingerprint density at radius 3 is 2.69 bits per heavy atom. The van der Waals surface area contributed by atoms with Crippen molar-refractivity contribution in [3.63, 3.8) is 0 Å². The van der Waals surface area contributed by atoms with Crippen LogP contribution >= 0.6 is 0 Å². The molecule has 0 saturated carbocycles. The van der Waals surface area contributed by atoms with E-state index in [1.807, 2.05) is 19.2 Å². The van der Waals surface area contributed by atoms with Crippen molar-refractivity contribution >= 4 is 11.5 Å². The normalized spacial score (nSPS) is 28.4. The molecule has 3 rings (SSSR count). The van der Waals surface area contributed by atoms with E-state index in [0.717, 1.165) is 30.2 Å². The summed E-state index contributed by atoms with van der Waals surface area (Å²) in [6.45, 7) is 3.86. The molecule has 16 heavy (non-hydrogen) atoms. The minimum absolute atomic E-state index is 0.376. The van der Waals surface area contributed by atoms with Crippen molar-refractivity contribution < 1.29 is 4.74 Å². The van der Waals surface area contributed by atoms with Crippen molar-refractivity contribution in [2.75, 3.05) is 23.7 Å². The Labute approximate surface area is 95.4 Å². The molecule has 2 unspecified atom stereocenters. The van der Waals surface area contributed by atoms with Crippen molar-refractivity contribution in [1.82, 2.24) is 4.98 Å². The molecule has 2 fully saturated rings. The number of anilines is 2. The van der Waals surface area contributed by atoms with Crippen LogP contribution in [-0.2, 0) is 4.74 Å². The van der Waals surface area contributed by atoms with E-state index in [1.54, 1.807) is 0 Å². The monoisotopic (exact) mass is 219 g/mol. The van der Waals surface area contributed by atoms with Gasteiger partial charge < -0.3 is 15.4 Å². The molecular weight excluding hydrogens is 202 g/mol. The summed E-state index contributed by atoms with van der Waals surface area (Å²) in [5, 5.41) is 0. The third-order valence-electron chi connectivity index (χ3n) is 3.37. The summed E-state index contributed by atoms with van der Waals surface area (Å²) in [6.07, 6.45) is 4.98. The summed E-state index contributed by atoms with van der Waals surface area (Å²) in [6, 6.07) is 1.99. The fourth-order valence-electron chi connectivity index (χ4n) is 2.64. The highest BCUT2D eigenvalue weighted by atomic mass is 16.5. The molecule has 3 heterocycles. The summed E-state index contributed by atoms with van der Waals surface area (Å²) in [5.74, 6) is 0.922. The van der Waals surface area contributed by atoms with Crippen molar-refractivity contribution in [3.05, 3.63) is 17.8 Å². The van der Waals surface area contributed by atoms with E-state index in [1.165, 1.54) is 12.8 Å². The predicted octanol–water partition coefficient (Wildman–Crippen LogP) is 1.34. The molecule has 2 bridgehead atoms. The van der Waals surface area contributed by atoms with Gasteiger partial charge in [-0.2, -0.15) is 0 Å². The van der Waals surface area contributed by atoms with Crippen LogP contribution < -0.4 is 10.6 Å². The molecule has 1 aromatic heterocycles. The van der Waals surface area contributed by atoms with Gasteiger partial charge in [0, 0.05) is 19.3 Å². The topological polar surface area (TPSA) is 51.4 Å². The second kappa shape index (κ2) is 3.63. The maximum Gasteiger partial charge on any atom is 0.151 e. The first-order valence-corrected chi connectivity index (χ1v) is 5.85. The standard InChI is InChI=1S/C12H17N3O/c1-8-4-11(13)12(14-5-8)15-6-9-2-3-10(7-15)16-9/h4-5,9-10H,2-3,6-7,13H2,1H3. The number of nitrogen functional groups attached to an aromatic ring is 1. The first kappa shape index (κ1) is 9.90. The van der Waals surface area contributed by atoms with E-state index >= 15 is 0 Å². The summed E-state index contributed by atoms with van der Waals surface area (Å²) in [7, 11) is 0. The minimum atomic E-state index is 0.376. The number of aryl methyl sites for hydroxylation is 1. The molecule has 86 valence electrons. The molecule has 0 aromatic carbocycles. The highest BCUT2D eigenvalue weighted by Gasteiger charge is 2.34. The Balaban J connectivity index is 1.87. The van der Waals surface area contributed by atoms with Gasteiger partial charge in [-0.3, -0.25) is 0 Å². The van der Waals surface area contributed by atoms with Crippen molar-refractivity contribution in [3.8, 4) is 0 Å². The molecule has 2 saturated heterocycles. The molecule has 1 aromatic rings. The van der Waals surface area contributed by atoms with Crippen LogP contribution in [0.5, 0.6) is 0 Å². The number of nitrogens with two attached hydrogens (primary N) is 1. The highest BCUT2D eigenvalue weighted by Crippen LogP contribution is 2.31. The highest BCUT2D eigenvalue weighted by molar-refractivity contribution is 5.63. The van der Waals surface area contributed by atoms with Crippen LogP contribution in [-0.4, -0.2) is 30.3 Å². The molecule has 0 spiro atoms. The molecule has 2 N–H and O–H groups in total. The maximum atomic E-state index is 6.02. The number of rotatable bonds is 1. The van der Waals surface area contributed by atoms with Gasteiger partial charge in [-0.1, -0.05) is 0 Å². The molecule has 0 radical (unpaired) electrons. The summed E-state index contributed by atoms with van der Waals surface area (Å²) < 4.78 is 5.80. The summed E-state index contributed by atoms with van der Waals surface area (Å²) >= 11 is 0. The summed E-state index contributed by atoms with van der Waals surface area (Å²) in [4.78, 5) is 6.71. The van der Waals surface area contributed by atoms with E-state index < -0.39 is 0 Å². The smallest absolute Gasteiger partial charge is 0.151 e. The lowest BCUT2D eigenvalue weighted by molar-refractivity contribution is 0.0303. The average Bonchev–Trinajstić information content (AvgIpc) is 2.58. The third kappa shape index (κ3) is 1.63. The van der Waals surface area contributed by atoms with Gasteiger partial charge in [0.1, 0.15) is 0 Å². The molecular formula is C12H17N3O. The zero-order valence-electron chi connectivity index (χ0n) is 9.52. The quantitative estimate of drug-likeness (QED) is 0.774. The van der Waals surface area contributed by atoms with Crippen molar-refractivity contribution in [1.29, 1.82) is 0 Å².